The molecule has 1 atom stereocenters. The minimum atomic E-state index is 0.293. The number of hydrogen-bond acceptors (Lipinski definition) is 1. The molecule has 0 aliphatic heterocycles. The van der Waals surface area contributed by atoms with Gasteiger partial charge in [0.25, 0.3) is 0 Å². The van der Waals surface area contributed by atoms with Gasteiger partial charge in [0.05, 0.1) is 0 Å². The van der Waals surface area contributed by atoms with Crippen molar-refractivity contribution in [1.29, 1.82) is 0 Å². The lowest BCUT2D eigenvalue weighted by atomic mass is 9.78. The SMILES string of the molecule is CCCc1ccc(C(NC)C(C)(C)CC)cc1. The molecular weight excluding hydrogens is 206 g/mol. The highest BCUT2D eigenvalue weighted by atomic mass is 14.9. The molecule has 1 unspecified atom stereocenters. The average molecular weight is 233 g/mol. The van der Waals surface area contributed by atoms with Gasteiger partial charge in [-0.2, -0.15) is 0 Å². The van der Waals surface area contributed by atoms with E-state index in [2.05, 4.69) is 64.3 Å². The highest BCUT2D eigenvalue weighted by molar-refractivity contribution is 5.26. The first-order chi connectivity index (χ1) is 8.05. The van der Waals surface area contributed by atoms with Gasteiger partial charge in [-0.15, -0.1) is 0 Å². The third-order valence-corrected chi connectivity index (χ3v) is 3.83. The van der Waals surface area contributed by atoms with Gasteiger partial charge in [-0.05, 0) is 36.4 Å². The smallest absolute Gasteiger partial charge is 0.0369 e. The lowest BCUT2D eigenvalue weighted by molar-refractivity contribution is 0.245. The molecule has 0 saturated carbocycles. The van der Waals surface area contributed by atoms with E-state index in [-0.39, 0.29) is 0 Å². The molecule has 1 N–H and O–H groups in total. The Balaban J connectivity index is 2.89. The summed E-state index contributed by atoms with van der Waals surface area (Å²) >= 11 is 0. The molecular formula is C16H27N. The number of benzene rings is 1. The van der Waals surface area contributed by atoms with Gasteiger partial charge in [0.2, 0.25) is 0 Å². The summed E-state index contributed by atoms with van der Waals surface area (Å²) in [5.41, 5.74) is 3.14. The fourth-order valence-corrected chi connectivity index (χ4v) is 2.38. The van der Waals surface area contributed by atoms with E-state index in [4.69, 9.17) is 0 Å². The second-order valence-electron chi connectivity index (χ2n) is 5.56. The van der Waals surface area contributed by atoms with Crippen LogP contribution in [0, 0.1) is 5.41 Å². The monoisotopic (exact) mass is 233 g/mol. The quantitative estimate of drug-likeness (QED) is 0.771. The molecule has 1 aromatic carbocycles. The van der Waals surface area contributed by atoms with Crippen LogP contribution in [-0.2, 0) is 6.42 Å². The van der Waals surface area contributed by atoms with E-state index >= 15 is 0 Å². The van der Waals surface area contributed by atoms with E-state index in [1.807, 2.05) is 0 Å². The third-order valence-electron chi connectivity index (χ3n) is 3.83. The molecule has 0 saturated heterocycles. The maximum Gasteiger partial charge on any atom is 0.0369 e. The number of aryl methyl sites for hydroxylation is 1. The average Bonchev–Trinajstić information content (AvgIpc) is 2.32. The molecule has 0 bridgehead atoms. The molecule has 0 heterocycles. The summed E-state index contributed by atoms with van der Waals surface area (Å²) in [6.45, 7) is 9.14. The van der Waals surface area contributed by atoms with E-state index in [0.29, 0.717) is 11.5 Å². The van der Waals surface area contributed by atoms with Crippen molar-refractivity contribution in [2.45, 2.75) is 53.0 Å². The van der Waals surface area contributed by atoms with E-state index < -0.39 is 0 Å². The Labute approximate surface area is 107 Å². The first-order valence-electron chi connectivity index (χ1n) is 6.81. The van der Waals surface area contributed by atoms with Gasteiger partial charge >= 0.3 is 0 Å². The molecule has 0 aliphatic rings. The van der Waals surface area contributed by atoms with E-state index in [0.717, 1.165) is 0 Å². The van der Waals surface area contributed by atoms with Gasteiger partial charge < -0.3 is 5.32 Å². The molecule has 1 aromatic rings. The van der Waals surface area contributed by atoms with E-state index in [1.54, 1.807) is 0 Å². The Morgan fingerprint density at radius 2 is 1.71 bits per heavy atom. The number of hydrogen-bond donors (Lipinski definition) is 1. The van der Waals surface area contributed by atoms with Crippen LogP contribution in [0.2, 0.25) is 0 Å². The molecule has 0 fully saturated rings. The lowest BCUT2D eigenvalue weighted by Gasteiger charge is -2.33. The Bertz CT molecular complexity index is 324. The van der Waals surface area contributed by atoms with Gasteiger partial charge in [0.15, 0.2) is 0 Å². The topological polar surface area (TPSA) is 12.0 Å². The van der Waals surface area contributed by atoms with Crippen LogP contribution in [0.3, 0.4) is 0 Å². The van der Waals surface area contributed by atoms with Gasteiger partial charge in [-0.25, -0.2) is 0 Å². The number of nitrogens with one attached hydrogen (secondary N) is 1. The Morgan fingerprint density at radius 1 is 1.12 bits per heavy atom. The minimum Gasteiger partial charge on any atom is -0.313 e. The van der Waals surface area contributed by atoms with Crippen molar-refractivity contribution in [2.75, 3.05) is 7.05 Å². The zero-order valence-electron chi connectivity index (χ0n) is 12.0. The van der Waals surface area contributed by atoms with Crippen molar-refractivity contribution in [2.24, 2.45) is 5.41 Å². The second-order valence-corrected chi connectivity index (χ2v) is 5.56. The Kier molecular flexibility index (Phi) is 5.20. The van der Waals surface area contributed by atoms with Crippen molar-refractivity contribution in [3.05, 3.63) is 35.4 Å². The van der Waals surface area contributed by atoms with Crippen LogP contribution in [-0.4, -0.2) is 7.05 Å². The van der Waals surface area contributed by atoms with Gasteiger partial charge in [0, 0.05) is 6.04 Å². The van der Waals surface area contributed by atoms with Crippen molar-refractivity contribution >= 4 is 0 Å². The van der Waals surface area contributed by atoms with E-state index in [1.165, 1.54) is 30.4 Å². The summed E-state index contributed by atoms with van der Waals surface area (Å²) in [5.74, 6) is 0. The van der Waals surface area contributed by atoms with Gasteiger partial charge in [-0.3, -0.25) is 0 Å². The molecule has 0 aromatic heterocycles. The largest absolute Gasteiger partial charge is 0.313 e. The lowest BCUT2D eigenvalue weighted by Crippen LogP contribution is -2.31. The molecule has 17 heavy (non-hydrogen) atoms. The summed E-state index contributed by atoms with van der Waals surface area (Å²) < 4.78 is 0. The summed E-state index contributed by atoms with van der Waals surface area (Å²) in [6, 6.07) is 9.54. The van der Waals surface area contributed by atoms with Gasteiger partial charge in [0.1, 0.15) is 0 Å². The molecule has 0 radical (unpaired) electrons. The maximum atomic E-state index is 3.46. The van der Waals surface area contributed by atoms with Crippen molar-refractivity contribution in [3.63, 3.8) is 0 Å². The Morgan fingerprint density at radius 3 is 2.12 bits per heavy atom. The summed E-state index contributed by atoms with van der Waals surface area (Å²) in [5, 5.41) is 3.46. The summed E-state index contributed by atoms with van der Waals surface area (Å²) in [7, 11) is 2.06. The Hall–Kier alpha value is -0.820. The second kappa shape index (κ2) is 6.20. The zero-order valence-corrected chi connectivity index (χ0v) is 12.0. The molecule has 1 rings (SSSR count). The predicted octanol–water partition coefficient (Wildman–Crippen LogP) is 4.34. The standard InChI is InChI=1S/C16H27N/c1-6-8-13-9-11-14(12-10-13)15(17-5)16(3,4)7-2/h9-12,15,17H,6-8H2,1-5H3. The zero-order chi connectivity index (χ0) is 12.9. The molecule has 96 valence electrons. The van der Waals surface area contributed by atoms with Crippen molar-refractivity contribution < 1.29 is 0 Å². The van der Waals surface area contributed by atoms with Gasteiger partial charge in [-0.1, -0.05) is 58.4 Å². The normalized spacial score (nSPS) is 13.7. The highest BCUT2D eigenvalue weighted by Crippen LogP contribution is 2.35. The van der Waals surface area contributed by atoms with E-state index in [9.17, 15) is 0 Å². The molecule has 0 aliphatic carbocycles. The third kappa shape index (κ3) is 3.57. The first-order valence-corrected chi connectivity index (χ1v) is 6.81. The highest BCUT2D eigenvalue weighted by Gasteiger charge is 2.27. The maximum absolute atomic E-state index is 3.46. The van der Waals surface area contributed by atoms with Crippen LogP contribution in [0.1, 0.15) is 57.7 Å². The molecule has 0 amide bonds. The van der Waals surface area contributed by atoms with Crippen LogP contribution in [0.25, 0.3) is 0 Å². The van der Waals surface area contributed by atoms with Crippen LogP contribution in [0.4, 0.5) is 0 Å². The minimum absolute atomic E-state index is 0.293. The molecule has 1 heteroatoms. The fourth-order valence-electron chi connectivity index (χ4n) is 2.38. The number of rotatable bonds is 6. The summed E-state index contributed by atoms with van der Waals surface area (Å²) in [4.78, 5) is 0. The fraction of sp³-hybridized carbons (Fsp3) is 0.625. The van der Waals surface area contributed by atoms with Crippen molar-refractivity contribution in [1.82, 2.24) is 5.32 Å². The van der Waals surface area contributed by atoms with Crippen LogP contribution in [0.5, 0.6) is 0 Å². The molecule has 0 spiro atoms. The molecule has 1 nitrogen and oxygen atoms in total. The van der Waals surface area contributed by atoms with Crippen LogP contribution < -0.4 is 5.32 Å². The first kappa shape index (κ1) is 14.2. The predicted molar refractivity (Wildman–Crippen MR) is 76.3 cm³/mol. The van der Waals surface area contributed by atoms with Crippen LogP contribution >= 0.6 is 0 Å². The summed E-state index contributed by atoms with van der Waals surface area (Å²) in [6.07, 6.45) is 3.58. The van der Waals surface area contributed by atoms with Crippen LogP contribution in [0.15, 0.2) is 24.3 Å². The van der Waals surface area contributed by atoms with Crippen molar-refractivity contribution in [3.8, 4) is 0 Å².